The molecule has 0 aromatic heterocycles. The number of carboxylic acid groups (broad SMARTS) is 1. The van der Waals surface area contributed by atoms with Crippen molar-refractivity contribution in [3.63, 3.8) is 0 Å². The minimum Gasteiger partial charge on any atom is -1.00 e. The van der Waals surface area contributed by atoms with Crippen molar-refractivity contribution < 1.29 is 59.9 Å². The van der Waals surface area contributed by atoms with Crippen molar-refractivity contribution >= 4 is 25.2 Å². The molecule has 0 radical (unpaired) electrons. The maximum Gasteiger partial charge on any atom is 1.00 e. The Morgan fingerprint density at radius 2 is 1.68 bits per heavy atom. The van der Waals surface area contributed by atoms with Crippen molar-refractivity contribution in [2.75, 3.05) is 12.8 Å². The summed E-state index contributed by atoms with van der Waals surface area (Å²) in [6, 6.07) is -3.75. The Kier molecular flexibility index (Phi) is 10.6. The number of imide groups is 1. The van der Waals surface area contributed by atoms with E-state index in [1.165, 1.54) is 6.92 Å². The monoisotopic (exact) mass is 347 g/mol. The van der Waals surface area contributed by atoms with E-state index in [1.807, 2.05) is 0 Å². The van der Waals surface area contributed by atoms with E-state index in [1.54, 1.807) is 0 Å². The van der Waals surface area contributed by atoms with Gasteiger partial charge in [0.1, 0.15) is 6.04 Å². The summed E-state index contributed by atoms with van der Waals surface area (Å²) < 4.78 is 11.2. The molecule has 0 heterocycles. The average Bonchev–Trinajstić information content (AvgIpc) is 2.34. The molecule has 0 aliphatic rings. The number of aliphatic carboxylic acids is 1. The van der Waals surface area contributed by atoms with Gasteiger partial charge in [0.15, 0.2) is 7.37 Å². The summed E-state index contributed by atoms with van der Waals surface area (Å²) in [5.41, 5.74) is 11.0. The van der Waals surface area contributed by atoms with Gasteiger partial charge in [0.2, 0.25) is 11.8 Å². The Balaban J connectivity index is -0.00000200. The van der Waals surface area contributed by atoms with Crippen molar-refractivity contribution in [1.29, 1.82) is 0 Å². The molecule has 0 aromatic rings. The third kappa shape index (κ3) is 7.82. The van der Waals surface area contributed by atoms with Crippen LogP contribution in [0.25, 0.3) is 0 Å². The number of nitrogens with zero attached hydrogens (tertiary/aromatic N) is 1. The van der Waals surface area contributed by atoms with Crippen LogP contribution in [0, 0.1) is 0 Å². The number of amides is 2. The van der Waals surface area contributed by atoms with E-state index in [2.05, 4.69) is 0 Å². The van der Waals surface area contributed by atoms with Crippen LogP contribution in [0.5, 0.6) is 0 Å². The first-order chi connectivity index (χ1) is 9.38. The number of carboxylic acids is 1. The molecule has 4 unspecified atom stereocenters. The SMILES string of the molecule is CC(N)C(=O)N(C(=O)C(N)CCP(C)(=O)O)C(C)C(=O)O.[H-].[Na+]. The van der Waals surface area contributed by atoms with Crippen LogP contribution in [0.15, 0.2) is 0 Å². The fourth-order valence-corrected chi connectivity index (χ4v) is 2.26. The minimum absolute atomic E-state index is 0. The predicted molar refractivity (Wildman–Crippen MR) is 76.9 cm³/mol. The predicted octanol–water partition coefficient (Wildman–Crippen LogP) is -4.10. The largest absolute Gasteiger partial charge is 1.00 e. The second-order valence-electron chi connectivity index (χ2n) is 5.02. The van der Waals surface area contributed by atoms with Gasteiger partial charge >= 0.3 is 35.5 Å². The Morgan fingerprint density at radius 3 is 2.00 bits per heavy atom. The van der Waals surface area contributed by atoms with Gasteiger partial charge in [-0.25, -0.2) is 4.79 Å². The van der Waals surface area contributed by atoms with Gasteiger partial charge < -0.3 is 22.9 Å². The second kappa shape index (κ2) is 9.77. The van der Waals surface area contributed by atoms with Gasteiger partial charge in [-0.3, -0.25) is 19.1 Å². The molecule has 0 bridgehead atoms. The van der Waals surface area contributed by atoms with Crippen molar-refractivity contribution in [2.45, 2.75) is 38.4 Å². The van der Waals surface area contributed by atoms with E-state index in [9.17, 15) is 23.8 Å². The Morgan fingerprint density at radius 1 is 1.23 bits per heavy atom. The summed E-state index contributed by atoms with van der Waals surface area (Å²) in [4.78, 5) is 44.7. The number of carbonyl (C=O) groups is 3. The second-order valence-corrected chi connectivity index (χ2v) is 7.57. The zero-order valence-corrected chi connectivity index (χ0v) is 16.1. The summed E-state index contributed by atoms with van der Waals surface area (Å²) in [7, 11) is -3.35. The summed E-state index contributed by atoms with van der Waals surface area (Å²) in [5.74, 6) is -3.18. The first kappa shape index (κ1) is 24.0. The van der Waals surface area contributed by atoms with Crippen molar-refractivity contribution in [1.82, 2.24) is 4.90 Å². The molecule has 0 spiro atoms. The number of hydrogen-bond acceptors (Lipinski definition) is 6. The average molecular weight is 347 g/mol. The van der Waals surface area contributed by atoms with Crippen LogP contribution in [0.3, 0.4) is 0 Å². The molecule has 0 rings (SSSR count). The minimum atomic E-state index is -3.35. The van der Waals surface area contributed by atoms with E-state index in [-0.39, 0.29) is 43.6 Å². The summed E-state index contributed by atoms with van der Waals surface area (Å²) in [5, 5.41) is 8.96. The smallest absolute Gasteiger partial charge is 1.00 e. The van der Waals surface area contributed by atoms with E-state index in [0.717, 1.165) is 13.6 Å². The molecule has 6 N–H and O–H groups in total. The van der Waals surface area contributed by atoms with Crippen LogP contribution in [0.2, 0.25) is 0 Å². The first-order valence-electron chi connectivity index (χ1n) is 6.28. The number of rotatable bonds is 7. The summed E-state index contributed by atoms with van der Waals surface area (Å²) in [6.45, 7) is 3.59. The topological polar surface area (TPSA) is 164 Å². The third-order valence-electron chi connectivity index (χ3n) is 2.78. The molecule has 0 fully saturated rings. The summed E-state index contributed by atoms with van der Waals surface area (Å²) >= 11 is 0. The molecule has 0 aliphatic heterocycles. The van der Waals surface area contributed by atoms with Crippen molar-refractivity contribution in [3.8, 4) is 0 Å². The standard InChI is InChI=1S/C11H22N3O6P.Na.H/c1-6(12)9(15)14(7(2)11(17)18)10(16)8(13)4-5-21(3,19)20;;/h6-8H,4-5,12-13H2,1-3H3,(H,17,18)(H,19,20);;/q;+1;-1. The van der Waals surface area contributed by atoms with Gasteiger partial charge in [-0.1, -0.05) is 0 Å². The Labute approximate surface area is 152 Å². The fourth-order valence-electron chi connectivity index (χ4n) is 1.50. The van der Waals surface area contributed by atoms with E-state index in [0.29, 0.717) is 4.90 Å². The molecule has 124 valence electrons. The zero-order chi connectivity index (χ0) is 17.0. The van der Waals surface area contributed by atoms with Crippen LogP contribution in [-0.4, -0.2) is 63.6 Å². The fraction of sp³-hybridized carbons (Fsp3) is 0.727. The van der Waals surface area contributed by atoms with Crippen LogP contribution >= 0.6 is 7.37 Å². The van der Waals surface area contributed by atoms with Gasteiger partial charge in [0, 0.05) is 12.8 Å². The van der Waals surface area contributed by atoms with Gasteiger partial charge in [0.05, 0.1) is 12.1 Å². The van der Waals surface area contributed by atoms with Crippen LogP contribution < -0.4 is 41.0 Å². The molecule has 2 amide bonds. The van der Waals surface area contributed by atoms with Gasteiger partial charge in [-0.2, -0.15) is 0 Å². The molecule has 0 aromatic carbocycles. The van der Waals surface area contributed by atoms with Crippen molar-refractivity contribution in [2.24, 2.45) is 11.5 Å². The van der Waals surface area contributed by atoms with Gasteiger partial charge in [-0.15, -0.1) is 0 Å². The molecular formula is C11H23N3NaO6P. The number of nitrogens with two attached hydrogens (primary N) is 2. The van der Waals surface area contributed by atoms with Crippen LogP contribution in [0.4, 0.5) is 0 Å². The molecule has 0 aliphatic carbocycles. The van der Waals surface area contributed by atoms with E-state index < -0.39 is 43.3 Å². The maximum absolute atomic E-state index is 12.1. The molecule has 9 nitrogen and oxygen atoms in total. The third-order valence-corrected chi connectivity index (χ3v) is 3.87. The number of carbonyl (C=O) groups excluding carboxylic acids is 2. The molecule has 11 heteroatoms. The molecule has 4 atom stereocenters. The zero-order valence-electron chi connectivity index (χ0n) is 14.2. The normalized spacial score (nSPS) is 17.4. The van der Waals surface area contributed by atoms with E-state index in [4.69, 9.17) is 16.6 Å². The molecule has 0 saturated carbocycles. The van der Waals surface area contributed by atoms with E-state index >= 15 is 0 Å². The summed E-state index contributed by atoms with van der Waals surface area (Å²) in [6.07, 6.45) is -0.347. The van der Waals surface area contributed by atoms with Gasteiger partial charge in [0.25, 0.3) is 0 Å². The molecule has 22 heavy (non-hydrogen) atoms. The Hall–Kier alpha value is -0.280. The maximum atomic E-state index is 12.1. The number of hydrogen-bond donors (Lipinski definition) is 4. The van der Waals surface area contributed by atoms with Crippen LogP contribution in [-0.2, 0) is 18.9 Å². The van der Waals surface area contributed by atoms with Crippen LogP contribution in [0.1, 0.15) is 21.7 Å². The first-order valence-corrected chi connectivity index (χ1v) is 8.58. The van der Waals surface area contributed by atoms with Crippen molar-refractivity contribution in [3.05, 3.63) is 0 Å². The molecule has 0 saturated heterocycles. The van der Waals surface area contributed by atoms with Gasteiger partial charge in [-0.05, 0) is 20.3 Å². The quantitative estimate of drug-likeness (QED) is 0.266. The molecular weight excluding hydrogens is 324 g/mol. The Bertz CT molecular complexity index is 473.